The Morgan fingerprint density at radius 2 is 0.549 bits per heavy atom. The highest BCUT2D eigenvalue weighted by atomic mass is 16.6. The zero-order valence-corrected chi connectivity index (χ0v) is 47.2. The second-order valence-electron chi connectivity index (χ2n) is 20.6. The average molecular weight is 994 g/mol. The summed E-state index contributed by atoms with van der Waals surface area (Å²) in [5.41, 5.74) is 0. The van der Waals surface area contributed by atoms with E-state index in [0.717, 1.165) is 83.5 Å². The Labute approximate surface area is 440 Å². The van der Waals surface area contributed by atoms with Gasteiger partial charge in [0.2, 0.25) is 0 Å². The number of unbranched alkanes of at least 4 members (excludes halogenated alkanes) is 35. The van der Waals surface area contributed by atoms with Crippen LogP contribution in [0.25, 0.3) is 0 Å². The number of ether oxygens (including phenoxy) is 3. The number of allylic oxidation sites excluding steroid dienone is 10. The highest BCUT2D eigenvalue weighted by Crippen LogP contribution is 2.17. The third kappa shape index (κ3) is 57.9. The van der Waals surface area contributed by atoms with Gasteiger partial charge in [0.15, 0.2) is 6.10 Å². The van der Waals surface area contributed by atoms with Crippen molar-refractivity contribution in [2.45, 2.75) is 322 Å². The molecule has 0 amide bonds. The summed E-state index contributed by atoms with van der Waals surface area (Å²) in [5.74, 6) is -0.912. The molecule has 0 saturated carbocycles. The maximum atomic E-state index is 12.9. The molecule has 0 rings (SSSR count). The molecule has 412 valence electrons. The molecule has 0 fully saturated rings. The summed E-state index contributed by atoms with van der Waals surface area (Å²) in [6, 6.07) is 0. The van der Waals surface area contributed by atoms with Gasteiger partial charge in [0.05, 0.1) is 0 Å². The fourth-order valence-corrected chi connectivity index (χ4v) is 8.90. The van der Waals surface area contributed by atoms with Crippen LogP contribution in [0.5, 0.6) is 0 Å². The Morgan fingerprint density at radius 3 is 0.901 bits per heavy atom. The van der Waals surface area contributed by atoms with Gasteiger partial charge in [-0.1, -0.05) is 274 Å². The van der Waals surface area contributed by atoms with Crippen molar-refractivity contribution in [2.24, 2.45) is 0 Å². The number of rotatable bonds is 56. The van der Waals surface area contributed by atoms with E-state index in [0.29, 0.717) is 19.3 Å². The molecule has 0 aliphatic rings. The van der Waals surface area contributed by atoms with Gasteiger partial charge in [-0.2, -0.15) is 0 Å². The van der Waals surface area contributed by atoms with Gasteiger partial charge in [-0.05, 0) is 83.5 Å². The smallest absolute Gasteiger partial charge is 0.306 e. The first-order valence-electron chi connectivity index (χ1n) is 30.8. The third-order valence-corrected chi connectivity index (χ3v) is 13.5. The zero-order chi connectivity index (χ0) is 51.4. The SMILES string of the molecule is CC/C=C\C/C=C\C/C=C\C/C=C\CCCCC(=O)OC[C@H](COC(=O)CCCCCCCCCCCCCCCCCCC)OC(=O)CCCCCCCCCCCCC/C=C\CCCCCCCC. The molecule has 0 N–H and O–H groups in total. The van der Waals surface area contributed by atoms with E-state index in [1.807, 2.05) is 0 Å². The van der Waals surface area contributed by atoms with E-state index in [1.165, 1.54) is 193 Å². The van der Waals surface area contributed by atoms with Crippen LogP contribution in [0.15, 0.2) is 60.8 Å². The molecular formula is C65H116O6. The lowest BCUT2D eigenvalue weighted by molar-refractivity contribution is -0.167. The second-order valence-corrected chi connectivity index (χ2v) is 20.6. The van der Waals surface area contributed by atoms with Crippen molar-refractivity contribution in [3.63, 3.8) is 0 Å². The first-order chi connectivity index (χ1) is 35.0. The van der Waals surface area contributed by atoms with E-state index in [1.54, 1.807) is 0 Å². The normalized spacial score (nSPS) is 12.4. The highest BCUT2D eigenvalue weighted by Gasteiger charge is 2.19. The van der Waals surface area contributed by atoms with E-state index in [2.05, 4.69) is 81.5 Å². The molecule has 6 heteroatoms. The van der Waals surface area contributed by atoms with Gasteiger partial charge in [0.1, 0.15) is 13.2 Å². The molecule has 0 aromatic carbocycles. The predicted octanol–water partition coefficient (Wildman–Crippen LogP) is 20.8. The topological polar surface area (TPSA) is 78.9 Å². The van der Waals surface area contributed by atoms with Crippen LogP contribution in [-0.2, 0) is 28.6 Å². The molecule has 0 unspecified atom stereocenters. The maximum absolute atomic E-state index is 12.9. The molecule has 0 saturated heterocycles. The molecule has 0 aromatic heterocycles. The van der Waals surface area contributed by atoms with Crippen LogP contribution < -0.4 is 0 Å². The summed E-state index contributed by atoms with van der Waals surface area (Å²) in [6.45, 7) is 6.53. The van der Waals surface area contributed by atoms with Crippen LogP contribution in [0.4, 0.5) is 0 Å². The first-order valence-corrected chi connectivity index (χ1v) is 30.8. The van der Waals surface area contributed by atoms with Crippen molar-refractivity contribution < 1.29 is 28.6 Å². The molecule has 0 aliphatic heterocycles. The maximum Gasteiger partial charge on any atom is 0.306 e. The van der Waals surface area contributed by atoms with E-state index in [4.69, 9.17) is 14.2 Å². The summed E-state index contributed by atoms with van der Waals surface area (Å²) in [4.78, 5) is 38.2. The second kappa shape index (κ2) is 59.7. The largest absolute Gasteiger partial charge is 0.462 e. The molecule has 1 atom stereocenters. The lowest BCUT2D eigenvalue weighted by atomic mass is 10.0. The minimum Gasteiger partial charge on any atom is -0.462 e. The Morgan fingerprint density at radius 1 is 0.296 bits per heavy atom. The molecule has 0 aliphatic carbocycles. The van der Waals surface area contributed by atoms with Gasteiger partial charge in [0.25, 0.3) is 0 Å². The van der Waals surface area contributed by atoms with Gasteiger partial charge in [-0.15, -0.1) is 0 Å². The van der Waals surface area contributed by atoms with Crippen LogP contribution in [0, 0.1) is 0 Å². The Balaban J connectivity index is 4.37. The van der Waals surface area contributed by atoms with Crippen molar-refractivity contribution >= 4 is 17.9 Å². The summed E-state index contributed by atoms with van der Waals surface area (Å²) in [5, 5.41) is 0. The highest BCUT2D eigenvalue weighted by molar-refractivity contribution is 5.71. The Hall–Kier alpha value is -2.89. The standard InChI is InChI=1S/C65H116O6/c1-4-7-10-13-16-19-22-25-28-30-31-32-33-35-38-41-44-47-50-53-56-59-65(68)71-62(60-69-63(66)57-54-51-48-45-42-39-36-27-24-21-18-15-12-9-6-3)61-70-64(67)58-55-52-49-46-43-40-37-34-29-26-23-20-17-14-11-8-5-2/h9,12,18,21,25,27-28,36,42,45,62H,4-8,10-11,13-17,19-20,22-24,26,29-35,37-41,43-44,46-61H2,1-3H3/b12-9-,21-18-,28-25-,36-27-,45-42-/t62-/m1/s1. The van der Waals surface area contributed by atoms with Crippen molar-refractivity contribution in [2.75, 3.05) is 13.2 Å². The molecule has 0 spiro atoms. The van der Waals surface area contributed by atoms with Gasteiger partial charge in [0, 0.05) is 19.3 Å². The minimum absolute atomic E-state index is 0.0843. The predicted molar refractivity (Wildman–Crippen MR) is 307 cm³/mol. The molecule has 71 heavy (non-hydrogen) atoms. The number of carbonyl (C=O) groups is 3. The van der Waals surface area contributed by atoms with Crippen LogP contribution >= 0.6 is 0 Å². The van der Waals surface area contributed by atoms with Crippen LogP contribution in [0.2, 0.25) is 0 Å². The van der Waals surface area contributed by atoms with Gasteiger partial charge in [-0.25, -0.2) is 0 Å². The van der Waals surface area contributed by atoms with Gasteiger partial charge in [-0.3, -0.25) is 14.4 Å². The lowest BCUT2D eigenvalue weighted by Gasteiger charge is -2.18. The molecule has 0 bridgehead atoms. The molecular weight excluding hydrogens is 877 g/mol. The average Bonchev–Trinajstić information content (AvgIpc) is 3.37. The number of hydrogen-bond donors (Lipinski definition) is 0. The van der Waals surface area contributed by atoms with E-state index < -0.39 is 6.10 Å². The first kappa shape index (κ1) is 68.1. The Bertz CT molecular complexity index is 1280. The minimum atomic E-state index is -0.790. The van der Waals surface area contributed by atoms with E-state index in [9.17, 15) is 14.4 Å². The fourth-order valence-electron chi connectivity index (χ4n) is 8.90. The van der Waals surface area contributed by atoms with Crippen molar-refractivity contribution in [1.82, 2.24) is 0 Å². The van der Waals surface area contributed by atoms with Crippen LogP contribution in [-0.4, -0.2) is 37.2 Å². The van der Waals surface area contributed by atoms with E-state index >= 15 is 0 Å². The number of hydrogen-bond acceptors (Lipinski definition) is 6. The van der Waals surface area contributed by atoms with E-state index in [-0.39, 0.29) is 31.1 Å². The van der Waals surface area contributed by atoms with Crippen molar-refractivity contribution in [1.29, 1.82) is 0 Å². The quantitative estimate of drug-likeness (QED) is 0.0261. The number of carbonyl (C=O) groups excluding carboxylic acids is 3. The van der Waals surface area contributed by atoms with Crippen LogP contribution in [0.1, 0.15) is 316 Å². The van der Waals surface area contributed by atoms with Crippen molar-refractivity contribution in [3.8, 4) is 0 Å². The zero-order valence-electron chi connectivity index (χ0n) is 47.2. The monoisotopic (exact) mass is 993 g/mol. The molecule has 0 heterocycles. The van der Waals surface area contributed by atoms with Gasteiger partial charge >= 0.3 is 17.9 Å². The van der Waals surface area contributed by atoms with Crippen molar-refractivity contribution in [3.05, 3.63) is 60.8 Å². The van der Waals surface area contributed by atoms with Crippen LogP contribution in [0.3, 0.4) is 0 Å². The fraction of sp³-hybridized carbons (Fsp3) is 0.800. The Kier molecular flexibility index (Phi) is 57.2. The summed E-state index contributed by atoms with van der Waals surface area (Å²) in [7, 11) is 0. The molecule has 6 nitrogen and oxygen atoms in total. The summed E-state index contributed by atoms with van der Waals surface area (Å²) in [6.07, 6.45) is 75.1. The summed E-state index contributed by atoms with van der Waals surface area (Å²) >= 11 is 0. The summed E-state index contributed by atoms with van der Waals surface area (Å²) < 4.78 is 16.9. The number of esters is 3. The van der Waals surface area contributed by atoms with Gasteiger partial charge < -0.3 is 14.2 Å². The molecule has 0 radical (unpaired) electrons. The molecule has 0 aromatic rings. The lowest BCUT2D eigenvalue weighted by Crippen LogP contribution is -2.30. The third-order valence-electron chi connectivity index (χ3n) is 13.5.